The zero-order valence-corrected chi connectivity index (χ0v) is 26.1. The molecule has 200 valence electrons. The molecule has 0 aromatic heterocycles. The Morgan fingerprint density at radius 2 is 0.375 bits per heavy atom. The molecule has 0 unspecified atom stereocenters. The maximum Gasteiger partial charge on any atom is -0.0134 e. The third kappa shape index (κ3) is 8.54. The summed E-state index contributed by atoms with van der Waals surface area (Å²) in [7, 11) is 3.64. The summed E-state index contributed by atoms with van der Waals surface area (Å²) >= 11 is 2.02. The van der Waals surface area contributed by atoms with Gasteiger partial charge in [-0.15, -0.1) is 0 Å². The first-order chi connectivity index (χ1) is 19.9. The first-order valence-electron chi connectivity index (χ1n) is 12.9. The smallest absolute Gasteiger partial charge is 0.0134 e. The number of halogens is 1. The minimum atomic E-state index is -0.446. The first kappa shape index (κ1) is 30.1. The van der Waals surface area contributed by atoms with Gasteiger partial charge in [-0.25, -0.2) is 0 Å². The summed E-state index contributed by atoms with van der Waals surface area (Å²) < 4.78 is 0. The van der Waals surface area contributed by atoms with Crippen molar-refractivity contribution in [2.45, 2.75) is 0 Å². The van der Waals surface area contributed by atoms with E-state index in [1.165, 1.54) is 31.8 Å². The summed E-state index contributed by atoms with van der Waals surface area (Å²) in [6, 6.07) is 64.7. The summed E-state index contributed by atoms with van der Waals surface area (Å²) in [5.74, 6) is 0. The molecule has 0 aliphatic carbocycles. The maximum absolute atomic E-state index is 4.53. The molecule has 0 spiro atoms. The number of benzene rings is 6. The molecular weight excluding hydrogens is 633 g/mol. The van der Waals surface area contributed by atoms with Gasteiger partial charge in [0.2, 0.25) is 0 Å². The zero-order chi connectivity index (χ0) is 27.8. The van der Waals surface area contributed by atoms with Crippen molar-refractivity contribution in [3.63, 3.8) is 0 Å². The third-order valence-electron chi connectivity index (χ3n) is 6.09. The molecule has 0 fully saturated rings. The standard InChI is InChI=1S/2C18H15P.ClH.Rh/c2*1-4-10-16(11-5-1)19(17-12-6-2-7-13-17)18-14-8-3-9-15-18;;/h2*1-15H;1H;/q;;;+1/p-1. The van der Waals surface area contributed by atoms with Crippen LogP contribution in [0.25, 0.3) is 0 Å². The van der Waals surface area contributed by atoms with E-state index in [9.17, 15) is 0 Å². The first-order valence-corrected chi connectivity index (χ1v) is 17.7. The average molecular weight is 663 g/mol. The van der Waals surface area contributed by atoms with Gasteiger partial charge in [0.1, 0.15) is 0 Å². The van der Waals surface area contributed by atoms with Crippen molar-refractivity contribution in [2.75, 3.05) is 0 Å². The number of hydrogen-bond acceptors (Lipinski definition) is 0. The average Bonchev–Trinajstić information content (AvgIpc) is 3.06. The Morgan fingerprint density at radius 1 is 0.250 bits per heavy atom. The van der Waals surface area contributed by atoms with Crippen LogP contribution < -0.4 is 31.8 Å². The summed E-state index contributed by atoms with van der Waals surface area (Å²) in [6.07, 6.45) is 0. The molecule has 0 aliphatic rings. The summed E-state index contributed by atoms with van der Waals surface area (Å²) in [4.78, 5) is 0. The van der Waals surface area contributed by atoms with Gasteiger partial charge < -0.3 is 0 Å². The largest absolute Gasteiger partial charge is 0.0622 e. The third-order valence-corrected chi connectivity index (χ3v) is 11.0. The van der Waals surface area contributed by atoms with Crippen LogP contribution in [0.2, 0.25) is 0 Å². The Kier molecular flexibility index (Phi) is 12.8. The Bertz CT molecular complexity index is 1180. The fourth-order valence-corrected chi connectivity index (χ4v) is 8.97. The van der Waals surface area contributed by atoms with Crippen molar-refractivity contribution in [3.05, 3.63) is 182 Å². The van der Waals surface area contributed by atoms with E-state index in [1.54, 1.807) is 0 Å². The Hall–Kier alpha value is -2.91. The Labute approximate surface area is 255 Å². The molecule has 0 atom stereocenters. The van der Waals surface area contributed by atoms with E-state index in [1.807, 2.05) is 17.3 Å². The van der Waals surface area contributed by atoms with Crippen molar-refractivity contribution in [1.29, 1.82) is 0 Å². The molecule has 0 saturated heterocycles. The number of hydrogen-bond donors (Lipinski definition) is 0. The second-order valence-electron chi connectivity index (χ2n) is 8.68. The van der Waals surface area contributed by atoms with Gasteiger partial charge in [-0.05, 0) is 47.7 Å². The second-order valence-corrected chi connectivity index (χ2v) is 13.1. The van der Waals surface area contributed by atoms with Crippen molar-refractivity contribution in [1.82, 2.24) is 0 Å². The van der Waals surface area contributed by atoms with Gasteiger partial charge in [-0.2, -0.15) is 0 Å². The fraction of sp³-hybridized carbons (Fsp3) is 0. The topological polar surface area (TPSA) is 0 Å². The summed E-state index contributed by atoms with van der Waals surface area (Å²) in [5.41, 5.74) is 0. The second kappa shape index (κ2) is 17.0. The minimum Gasteiger partial charge on any atom is -0.0622 e. The number of rotatable bonds is 6. The molecule has 40 heavy (non-hydrogen) atoms. The molecule has 0 radical (unpaired) electrons. The minimum absolute atomic E-state index is 0.446. The van der Waals surface area contributed by atoms with Gasteiger partial charge in [0.05, 0.1) is 0 Å². The van der Waals surface area contributed by atoms with E-state index in [2.05, 4.69) is 192 Å². The quantitative estimate of drug-likeness (QED) is 0.128. The van der Waals surface area contributed by atoms with Crippen LogP contribution >= 0.6 is 25.5 Å². The SMILES string of the molecule is [Cl][Rh].c1ccc(P(c2ccccc2)c2ccccc2)cc1.c1ccc(P(c2ccccc2)c2ccccc2)cc1. The fourth-order valence-electron chi connectivity index (χ4n) is 4.36. The van der Waals surface area contributed by atoms with Crippen LogP contribution in [0.1, 0.15) is 0 Å². The predicted octanol–water partition coefficient (Wildman–Crippen LogP) is 7.58. The predicted molar refractivity (Wildman–Crippen MR) is 176 cm³/mol. The van der Waals surface area contributed by atoms with Gasteiger partial charge in [0.25, 0.3) is 0 Å². The van der Waals surface area contributed by atoms with E-state index in [-0.39, 0.29) is 0 Å². The molecule has 0 bridgehead atoms. The normalized spacial score (nSPS) is 10.2. The summed E-state index contributed by atoms with van der Waals surface area (Å²) in [5, 5.41) is 8.39. The molecule has 0 nitrogen and oxygen atoms in total. The van der Waals surface area contributed by atoms with Crippen LogP contribution in [0, 0.1) is 0 Å². The van der Waals surface area contributed by atoms with Gasteiger partial charge in [-0.1, -0.05) is 182 Å². The van der Waals surface area contributed by atoms with E-state index in [0.717, 1.165) is 0 Å². The molecule has 0 heterocycles. The Morgan fingerprint density at radius 3 is 0.500 bits per heavy atom. The van der Waals surface area contributed by atoms with Crippen LogP contribution in [0.5, 0.6) is 0 Å². The van der Waals surface area contributed by atoms with Crippen molar-refractivity contribution in [3.8, 4) is 0 Å². The van der Waals surface area contributed by atoms with Crippen molar-refractivity contribution < 1.29 is 17.3 Å². The zero-order valence-electron chi connectivity index (χ0n) is 21.9. The van der Waals surface area contributed by atoms with Crippen LogP contribution in [0.3, 0.4) is 0 Å². The molecular formula is C36H30ClP2Rh. The van der Waals surface area contributed by atoms with Crippen LogP contribution in [-0.2, 0) is 17.3 Å². The molecule has 0 N–H and O–H groups in total. The Balaban J connectivity index is 0.000000174. The van der Waals surface area contributed by atoms with Crippen LogP contribution in [0.15, 0.2) is 182 Å². The monoisotopic (exact) mass is 662 g/mol. The van der Waals surface area contributed by atoms with Gasteiger partial charge >= 0.3 is 27.0 Å². The van der Waals surface area contributed by atoms with E-state index in [4.69, 9.17) is 0 Å². The van der Waals surface area contributed by atoms with E-state index < -0.39 is 15.8 Å². The van der Waals surface area contributed by atoms with Crippen LogP contribution in [0.4, 0.5) is 0 Å². The molecule has 6 aromatic rings. The van der Waals surface area contributed by atoms with Crippen molar-refractivity contribution >= 4 is 57.4 Å². The van der Waals surface area contributed by atoms with Gasteiger partial charge in [0, 0.05) is 0 Å². The molecule has 0 amide bonds. The molecule has 6 rings (SSSR count). The molecule has 6 aromatic carbocycles. The van der Waals surface area contributed by atoms with Gasteiger partial charge in [0.15, 0.2) is 0 Å². The van der Waals surface area contributed by atoms with Gasteiger partial charge in [-0.3, -0.25) is 0 Å². The summed E-state index contributed by atoms with van der Waals surface area (Å²) in [6.45, 7) is 0. The maximum atomic E-state index is 4.53. The molecule has 0 aliphatic heterocycles. The molecule has 0 saturated carbocycles. The molecule has 4 heteroatoms. The van der Waals surface area contributed by atoms with Crippen molar-refractivity contribution in [2.24, 2.45) is 0 Å². The van der Waals surface area contributed by atoms with E-state index >= 15 is 0 Å². The van der Waals surface area contributed by atoms with E-state index in [0.29, 0.717) is 0 Å². The van der Waals surface area contributed by atoms with Crippen LogP contribution in [-0.4, -0.2) is 0 Å².